The Morgan fingerprint density at radius 2 is 1.71 bits per heavy atom. The van der Waals surface area contributed by atoms with E-state index in [9.17, 15) is 0 Å². The van der Waals surface area contributed by atoms with Gasteiger partial charge in [0.05, 0.1) is 7.11 Å². The Labute approximate surface area is 142 Å². The predicted octanol–water partition coefficient (Wildman–Crippen LogP) is 4.30. The van der Waals surface area contributed by atoms with Crippen LogP contribution in [0.25, 0.3) is 22.2 Å². The summed E-state index contributed by atoms with van der Waals surface area (Å²) in [5, 5.41) is 1.04. The highest BCUT2D eigenvalue weighted by atomic mass is 16.5. The number of anilines is 1. The van der Waals surface area contributed by atoms with Crippen LogP contribution in [0.2, 0.25) is 0 Å². The summed E-state index contributed by atoms with van der Waals surface area (Å²) in [6, 6.07) is 16.6. The first-order chi connectivity index (χ1) is 11.8. The highest BCUT2D eigenvalue weighted by Gasteiger charge is 2.18. The van der Waals surface area contributed by atoms with Gasteiger partial charge in [-0.15, -0.1) is 0 Å². The number of ether oxygens (including phenoxy) is 1. The summed E-state index contributed by atoms with van der Waals surface area (Å²) in [5.74, 6) is 1.64. The van der Waals surface area contributed by atoms with Gasteiger partial charge in [0.2, 0.25) is 5.88 Å². The molecule has 2 aromatic heterocycles. The second kappa shape index (κ2) is 6.48. The average Bonchev–Trinajstić information content (AvgIpc) is 2.68. The quantitative estimate of drug-likeness (QED) is 0.721. The Kier molecular flexibility index (Phi) is 4.03. The third-order valence-corrected chi connectivity index (χ3v) is 4.58. The summed E-state index contributed by atoms with van der Waals surface area (Å²) >= 11 is 0. The fourth-order valence-corrected chi connectivity index (χ4v) is 3.32. The lowest BCUT2D eigenvalue weighted by molar-refractivity contribution is 0.399. The summed E-state index contributed by atoms with van der Waals surface area (Å²) < 4.78 is 5.26. The van der Waals surface area contributed by atoms with Gasteiger partial charge in [0.1, 0.15) is 5.82 Å². The van der Waals surface area contributed by atoms with Gasteiger partial charge in [-0.05, 0) is 37.0 Å². The van der Waals surface area contributed by atoms with E-state index in [-0.39, 0.29) is 0 Å². The average molecular weight is 319 g/mol. The summed E-state index contributed by atoms with van der Waals surface area (Å²) in [5.41, 5.74) is 3.12. The molecule has 0 bridgehead atoms. The van der Waals surface area contributed by atoms with Crippen LogP contribution in [0.15, 0.2) is 48.5 Å². The number of fused-ring (bicyclic) bond motifs is 1. The second-order valence-electron chi connectivity index (χ2n) is 6.17. The monoisotopic (exact) mass is 319 g/mol. The van der Waals surface area contributed by atoms with Crippen LogP contribution in [0.3, 0.4) is 0 Å². The molecule has 1 aliphatic heterocycles. The van der Waals surface area contributed by atoms with Gasteiger partial charge < -0.3 is 9.64 Å². The van der Waals surface area contributed by atoms with Crippen LogP contribution in [0.5, 0.6) is 5.88 Å². The van der Waals surface area contributed by atoms with Gasteiger partial charge in [0.15, 0.2) is 5.65 Å². The standard InChI is InChI=1S/C20H21N3O/c1-24-18-11-10-16-14-17(15-8-4-2-5-9-15)20(22-19(16)21-18)23-12-6-3-7-13-23/h2,4-5,8-11,14H,3,6-7,12-13H2,1H3. The first-order valence-electron chi connectivity index (χ1n) is 8.51. The van der Waals surface area contributed by atoms with Crippen LogP contribution < -0.4 is 9.64 Å². The van der Waals surface area contributed by atoms with Crippen LogP contribution in [0.4, 0.5) is 5.82 Å². The molecular weight excluding hydrogens is 298 g/mol. The van der Waals surface area contributed by atoms with E-state index >= 15 is 0 Å². The van der Waals surface area contributed by atoms with Gasteiger partial charge in [-0.2, -0.15) is 4.98 Å². The van der Waals surface area contributed by atoms with Gasteiger partial charge in [0.25, 0.3) is 0 Å². The van der Waals surface area contributed by atoms with Crippen molar-refractivity contribution >= 4 is 16.9 Å². The fraction of sp³-hybridized carbons (Fsp3) is 0.300. The third kappa shape index (κ3) is 2.80. The smallest absolute Gasteiger partial charge is 0.215 e. The van der Waals surface area contributed by atoms with Crippen molar-refractivity contribution in [3.8, 4) is 17.0 Å². The van der Waals surface area contributed by atoms with Crippen LogP contribution in [-0.4, -0.2) is 30.2 Å². The van der Waals surface area contributed by atoms with E-state index in [4.69, 9.17) is 9.72 Å². The van der Waals surface area contributed by atoms with Gasteiger partial charge in [-0.1, -0.05) is 30.3 Å². The molecule has 0 atom stereocenters. The van der Waals surface area contributed by atoms with E-state index < -0.39 is 0 Å². The van der Waals surface area contributed by atoms with Crippen molar-refractivity contribution in [2.75, 3.05) is 25.1 Å². The van der Waals surface area contributed by atoms with E-state index in [0.717, 1.165) is 29.9 Å². The molecule has 1 aromatic carbocycles. The summed E-state index contributed by atoms with van der Waals surface area (Å²) in [7, 11) is 1.64. The number of benzene rings is 1. The number of hydrogen-bond acceptors (Lipinski definition) is 4. The zero-order valence-corrected chi connectivity index (χ0v) is 13.9. The molecule has 0 saturated carbocycles. The lowest BCUT2D eigenvalue weighted by atomic mass is 10.0. The molecule has 122 valence electrons. The molecule has 4 nitrogen and oxygen atoms in total. The molecule has 0 unspecified atom stereocenters. The molecule has 0 aliphatic carbocycles. The summed E-state index contributed by atoms with van der Waals surface area (Å²) in [4.78, 5) is 11.8. The van der Waals surface area contributed by atoms with Crippen LogP contribution in [0.1, 0.15) is 19.3 Å². The number of piperidine rings is 1. The van der Waals surface area contributed by atoms with Crippen molar-refractivity contribution < 1.29 is 4.74 Å². The molecule has 0 amide bonds. The van der Waals surface area contributed by atoms with Crippen molar-refractivity contribution in [1.82, 2.24) is 9.97 Å². The first-order valence-corrected chi connectivity index (χ1v) is 8.51. The SMILES string of the molecule is COc1ccc2cc(-c3ccccc3)c(N3CCCCC3)nc2n1. The van der Waals surface area contributed by atoms with E-state index in [1.54, 1.807) is 7.11 Å². The van der Waals surface area contributed by atoms with E-state index in [1.807, 2.05) is 18.2 Å². The Bertz CT molecular complexity index is 842. The number of rotatable bonds is 3. The van der Waals surface area contributed by atoms with Crippen molar-refractivity contribution in [1.29, 1.82) is 0 Å². The minimum absolute atomic E-state index is 0.604. The molecule has 3 aromatic rings. The summed E-state index contributed by atoms with van der Waals surface area (Å²) in [6.07, 6.45) is 3.75. The van der Waals surface area contributed by atoms with E-state index in [0.29, 0.717) is 5.88 Å². The van der Waals surface area contributed by atoms with Crippen LogP contribution in [-0.2, 0) is 0 Å². The Morgan fingerprint density at radius 1 is 0.917 bits per heavy atom. The minimum Gasteiger partial charge on any atom is -0.481 e. The second-order valence-corrected chi connectivity index (χ2v) is 6.17. The molecule has 1 saturated heterocycles. The van der Waals surface area contributed by atoms with Gasteiger partial charge in [-0.3, -0.25) is 0 Å². The number of hydrogen-bond donors (Lipinski definition) is 0. The highest BCUT2D eigenvalue weighted by Crippen LogP contribution is 2.33. The maximum absolute atomic E-state index is 5.26. The molecule has 1 fully saturated rings. The first kappa shape index (κ1) is 14.9. The fourth-order valence-electron chi connectivity index (χ4n) is 3.32. The molecule has 3 heterocycles. The van der Waals surface area contributed by atoms with Crippen LogP contribution in [0, 0.1) is 0 Å². The molecule has 4 heteroatoms. The van der Waals surface area contributed by atoms with Gasteiger partial charge in [0, 0.05) is 30.1 Å². The topological polar surface area (TPSA) is 38.2 Å². The van der Waals surface area contributed by atoms with Crippen molar-refractivity contribution in [3.05, 3.63) is 48.5 Å². The van der Waals surface area contributed by atoms with E-state index in [2.05, 4.69) is 40.2 Å². The van der Waals surface area contributed by atoms with Gasteiger partial charge in [-0.25, -0.2) is 4.98 Å². The minimum atomic E-state index is 0.604. The van der Waals surface area contributed by atoms with E-state index in [1.165, 1.54) is 30.4 Å². The Balaban J connectivity index is 1.90. The van der Waals surface area contributed by atoms with Gasteiger partial charge >= 0.3 is 0 Å². The van der Waals surface area contributed by atoms with Crippen molar-refractivity contribution in [3.63, 3.8) is 0 Å². The maximum atomic E-state index is 5.26. The molecule has 0 N–H and O–H groups in total. The Morgan fingerprint density at radius 3 is 2.46 bits per heavy atom. The molecule has 24 heavy (non-hydrogen) atoms. The molecule has 0 spiro atoms. The largest absolute Gasteiger partial charge is 0.481 e. The predicted molar refractivity (Wildman–Crippen MR) is 97.6 cm³/mol. The zero-order valence-electron chi connectivity index (χ0n) is 13.9. The lowest BCUT2D eigenvalue weighted by Crippen LogP contribution is -2.30. The molecule has 4 rings (SSSR count). The molecule has 1 aliphatic rings. The Hall–Kier alpha value is -2.62. The molecule has 0 radical (unpaired) electrons. The van der Waals surface area contributed by atoms with Crippen LogP contribution >= 0.6 is 0 Å². The summed E-state index contributed by atoms with van der Waals surface area (Å²) in [6.45, 7) is 2.12. The number of pyridine rings is 2. The van der Waals surface area contributed by atoms with Crippen molar-refractivity contribution in [2.24, 2.45) is 0 Å². The maximum Gasteiger partial charge on any atom is 0.215 e. The number of nitrogens with zero attached hydrogens (tertiary/aromatic N) is 3. The zero-order chi connectivity index (χ0) is 16.4. The van der Waals surface area contributed by atoms with Crippen molar-refractivity contribution in [2.45, 2.75) is 19.3 Å². The lowest BCUT2D eigenvalue weighted by Gasteiger charge is -2.29. The molecular formula is C20H21N3O. The number of methoxy groups -OCH3 is 1. The highest BCUT2D eigenvalue weighted by molar-refractivity contribution is 5.88. The third-order valence-electron chi connectivity index (χ3n) is 4.58. The number of aromatic nitrogens is 2. The normalized spacial score (nSPS) is 14.8.